The third kappa shape index (κ3) is 3.59. The zero-order valence-corrected chi connectivity index (χ0v) is 14.5. The molecule has 118 valence electrons. The maximum absolute atomic E-state index is 4.83. The summed E-state index contributed by atoms with van der Waals surface area (Å²) in [4.78, 5) is 10.0. The molecule has 0 unspecified atom stereocenters. The Bertz CT molecular complexity index is 824. The lowest BCUT2D eigenvalue weighted by Crippen LogP contribution is -2.31. The molecule has 3 nitrogen and oxygen atoms in total. The Hall–Kier alpha value is -2.20. The summed E-state index contributed by atoms with van der Waals surface area (Å²) in [7, 11) is 0. The first-order chi connectivity index (χ1) is 11.1. The van der Waals surface area contributed by atoms with E-state index < -0.39 is 0 Å². The second-order valence-corrected chi connectivity index (χ2v) is 7.29. The maximum Gasteiger partial charge on any atom is 0.186 e. The molecule has 0 saturated heterocycles. The highest BCUT2D eigenvalue weighted by atomic mass is 32.1. The van der Waals surface area contributed by atoms with E-state index in [0.29, 0.717) is 6.54 Å². The van der Waals surface area contributed by atoms with E-state index in [1.165, 1.54) is 11.3 Å². The van der Waals surface area contributed by atoms with E-state index in [1.807, 2.05) is 18.3 Å². The highest BCUT2D eigenvalue weighted by molar-refractivity contribution is 7.07. The van der Waals surface area contributed by atoms with Gasteiger partial charge in [0, 0.05) is 23.3 Å². The third-order valence-corrected chi connectivity index (χ3v) is 4.43. The molecule has 0 radical (unpaired) electrons. The number of hydrogen-bond donors (Lipinski definition) is 0. The van der Waals surface area contributed by atoms with Crippen molar-refractivity contribution in [2.24, 2.45) is 4.99 Å². The van der Waals surface area contributed by atoms with Crippen LogP contribution in [0.2, 0.25) is 0 Å². The molecule has 0 atom stereocenters. The lowest BCUT2D eigenvalue weighted by atomic mass is 10.1. The van der Waals surface area contributed by atoms with Gasteiger partial charge in [-0.3, -0.25) is 9.98 Å². The van der Waals surface area contributed by atoms with Crippen molar-refractivity contribution in [1.82, 2.24) is 9.55 Å². The number of rotatable bonds is 3. The second-order valence-electron chi connectivity index (χ2n) is 6.45. The number of pyridine rings is 1. The van der Waals surface area contributed by atoms with Crippen LogP contribution in [0.1, 0.15) is 26.3 Å². The lowest BCUT2D eigenvalue weighted by Gasteiger charge is -2.24. The molecule has 3 rings (SSSR count). The first-order valence-corrected chi connectivity index (χ1v) is 8.59. The summed E-state index contributed by atoms with van der Waals surface area (Å²) in [6.07, 6.45) is 3.66. The van der Waals surface area contributed by atoms with E-state index in [0.717, 1.165) is 10.4 Å². The quantitative estimate of drug-likeness (QED) is 0.699. The molecule has 23 heavy (non-hydrogen) atoms. The van der Waals surface area contributed by atoms with Crippen molar-refractivity contribution in [3.63, 3.8) is 0 Å². The summed E-state index contributed by atoms with van der Waals surface area (Å²) in [6, 6.07) is 14.5. The number of thiazole rings is 1. The monoisotopic (exact) mass is 323 g/mol. The lowest BCUT2D eigenvalue weighted by molar-refractivity contribution is 0.390. The summed E-state index contributed by atoms with van der Waals surface area (Å²) in [6.45, 7) is 7.30. The summed E-state index contributed by atoms with van der Waals surface area (Å²) in [5.74, 6) is 0. The van der Waals surface area contributed by atoms with Crippen LogP contribution < -0.4 is 4.80 Å². The van der Waals surface area contributed by atoms with Crippen molar-refractivity contribution in [1.29, 1.82) is 0 Å². The third-order valence-electron chi connectivity index (χ3n) is 3.57. The molecule has 4 heteroatoms. The molecule has 3 aromatic rings. The summed E-state index contributed by atoms with van der Waals surface area (Å²) < 4.78 is 2.32. The smallest absolute Gasteiger partial charge is 0.186 e. The van der Waals surface area contributed by atoms with E-state index in [9.17, 15) is 0 Å². The van der Waals surface area contributed by atoms with Gasteiger partial charge in [-0.25, -0.2) is 0 Å². The van der Waals surface area contributed by atoms with Gasteiger partial charge >= 0.3 is 0 Å². The van der Waals surface area contributed by atoms with Crippen LogP contribution in [0.5, 0.6) is 0 Å². The molecule has 0 N–H and O–H groups in total. The van der Waals surface area contributed by atoms with Gasteiger partial charge < -0.3 is 4.57 Å². The molecular formula is C19H21N3S. The predicted molar refractivity (Wildman–Crippen MR) is 96.2 cm³/mol. The van der Waals surface area contributed by atoms with Gasteiger partial charge in [0.25, 0.3) is 0 Å². The number of benzene rings is 1. The normalized spacial score (nSPS) is 12.6. The molecule has 1 aromatic carbocycles. The molecule has 0 bridgehead atoms. The van der Waals surface area contributed by atoms with Crippen LogP contribution in [0.4, 0.5) is 0 Å². The highest BCUT2D eigenvalue weighted by Gasteiger charge is 2.19. The zero-order chi connectivity index (χ0) is 16.3. The van der Waals surface area contributed by atoms with Gasteiger partial charge in [0.1, 0.15) is 0 Å². The summed E-state index contributed by atoms with van der Waals surface area (Å²) in [5.41, 5.74) is 3.54. The van der Waals surface area contributed by atoms with Crippen LogP contribution in [-0.2, 0) is 12.1 Å². The van der Waals surface area contributed by atoms with Gasteiger partial charge in [0.05, 0.1) is 12.2 Å². The molecule has 0 amide bonds. The number of hydrogen-bond acceptors (Lipinski definition) is 3. The Kier molecular flexibility index (Phi) is 4.44. The van der Waals surface area contributed by atoms with Crippen molar-refractivity contribution in [2.45, 2.75) is 32.9 Å². The second kappa shape index (κ2) is 6.50. The average Bonchev–Trinajstić information content (AvgIpc) is 2.99. The van der Waals surface area contributed by atoms with Crippen LogP contribution in [-0.4, -0.2) is 9.55 Å². The van der Waals surface area contributed by atoms with Crippen LogP contribution >= 0.6 is 11.3 Å². The largest absolute Gasteiger partial charge is 0.311 e. The van der Waals surface area contributed by atoms with Gasteiger partial charge in [-0.2, -0.15) is 0 Å². The zero-order valence-electron chi connectivity index (χ0n) is 13.7. The molecule has 0 saturated carbocycles. The van der Waals surface area contributed by atoms with E-state index in [-0.39, 0.29) is 5.54 Å². The van der Waals surface area contributed by atoms with Crippen LogP contribution in [0.15, 0.2) is 65.2 Å². The van der Waals surface area contributed by atoms with Gasteiger partial charge in [0.15, 0.2) is 4.80 Å². The van der Waals surface area contributed by atoms with Gasteiger partial charge in [-0.05, 0) is 38.0 Å². The maximum atomic E-state index is 4.83. The highest BCUT2D eigenvalue weighted by Crippen LogP contribution is 2.25. The van der Waals surface area contributed by atoms with Gasteiger partial charge in [-0.1, -0.05) is 36.4 Å². The topological polar surface area (TPSA) is 30.2 Å². The number of nitrogens with zero attached hydrogens (tertiary/aromatic N) is 3. The van der Waals surface area contributed by atoms with Crippen LogP contribution in [0.25, 0.3) is 11.3 Å². The van der Waals surface area contributed by atoms with Crippen molar-refractivity contribution < 1.29 is 0 Å². The standard InChI is InChI=1S/C19H21N3S/c1-19(2,3)22-17(16-9-5-4-6-10-16)14-23-18(22)21-13-15-8-7-11-20-12-15/h4-12,14H,13H2,1-3H3. The van der Waals surface area contributed by atoms with Gasteiger partial charge in [-0.15, -0.1) is 11.3 Å². The molecule has 2 aromatic heterocycles. The molecule has 0 aliphatic carbocycles. The molecule has 0 fully saturated rings. The van der Waals surface area contributed by atoms with Gasteiger partial charge in [0.2, 0.25) is 0 Å². The minimum Gasteiger partial charge on any atom is -0.311 e. The average molecular weight is 323 g/mol. The Balaban J connectivity index is 2.06. The molecule has 0 aliphatic heterocycles. The fourth-order valence-electron chi connectivity index (χ4n) is 2.53. The first-order valence-electron chi connectivity index (χ1n) is 7.71. The van der Waals surface area contributed by atoms with Crippen LogP contribution in [0.3, 0.4) is 0 Å². The summed E-state index contributed by atoms with van der Waals surface area (Å²) >= 11 is 1.69. The van der Waals surface area contributed by atoms with E-state index in [1.54, 1.807) is 17.5 Å². The molecule has 0 aliphatic rings. The fourth-order valence-corrected chi connectivity index (χ4v) is 3.61. The minimum atomic E-state index is -0.0288. The molecule has 2 heterocycles. The SMILES string of the molecule is CC(C)(C)n1c(-c2ccccc2)csc1=NCc1cccnc1. The fraction of sp³-hybridized carbons (Fsp3) is 0.263. The van der Waals surface area contributed by atoms with E-state index >= 15 is 0 Å². The Morgan fingerprint density at radius 3 is 2.52 bits per heavy atom. The molecule has 0 spiro atoms. The Morgan fingerprint density at radius 1 is 1.09 bits per heavy atom. The van der Waals surface area contributed by atoms with E-state index in [2.05, 4.69) is 66.0 Å². The van der Waals surface area contributed by atoms with Crippen molar-refractivity contribution in [2.75, 3.05) is 0 Å². The van der Waals surface area contributed by atoms with Crippen molar-refractivity contribution in [3.8, 4) is 11.3 Å². The first kappa shape index (κ1) is 15.7. The van der Waals surface area contributed by atoms with Crippen LogP contribution in [0, 0.1) is 0 Å². The summed E-state index contributed by atoms with van der Waals surface area (Å²) in [5, 5.41) is 2.20. The van der Waals surface area contributed by atoms with Crippen molar-refractivity contribution in [3.05, 3.63) is 70.6 Å². The minimum absolute atomic E-state index is 0.0288. The predicted octanol–water partition coefficient (Wildman–Crippen LogP) is 4.47. The Morgan fingerprint density at radius 2 is 1.87 bits per heavy atom. The number of aromatic nitrogens is 2. The van der Waals surface area contributed by atoms with E-state index in [4.69, 9.17) is 4.99 Å². The Labute approximate surface area is 141 Å². The molecular weight excluding hydrogens is 302 g/mol. The van der Waals surface area contributed by atoms with Crippen molar-refractivity contribution >= 4 is 11.3 Å².